The fraction of sp³-hybridized carbons (Fsp3) is 0.314. The molecule has 143 heavy (non-hydrogen) atoms. The van der Waals surface area contributed by atoms with E-state index < -0.39 is 5.41 Å². The average Bonchev–Trinajstić information content (AvgIpc) is 1.50. The number of nitrogens with one attached hydrogen (secondary N) is 1. The molecule has 0 aliphatic heterocycles. The van der Waals surface area contributed by atoms with Gasteiger partial charge in [0, 0.05) is 43.7 Å². The standard InChI is InChI=1S/C70H67N.C37H37N.C33H31Br/c1-66(2,3)49-23-29-56-57-30-24-50(67(4,5)6)37-64(57)70(63(56)36-49)62-16-12-10-13-54(62)58-31-27-53(39-65(58)70)71(52-28-32-61-59(38-52)55-14-9-11-15-60(55)68(61,7)8)51-25-19-47(20-26-51)46-17-21-48(22-18-46)69-40-43-33-44(41-69)35-45(34-43)42-69;1-36(2)34-6-4-3-5-32(34)33-20-31(15-16-35(33)36)38-30-13-9-28(10-14-30)27-7-11-29(12-8-27)37-21-24-17-25(22-37)19-26(18-24)23-37;1-31(2,3)20-11-14-24-25-15-12-21(32(4,5)6)18-29(25)33(28(24)17-20)27-10-8-7-9-23(27)26-16-13-22(34)19-30(26)33/h9-32,36-39,43-45H,33-35,40-42H2,1-8H3;3-16,20,24-26,38H,17-19,21-23H2,1-2H3;7-19H,1-6H3. The van der Waals surface area contributed by atoms with Crippen molar-refractivity contribution in [2.45, 2.75) is 242 Å². The van der Waals surface area contributed by atoms with Gasteiger partial charge in [-0.05, 0) is 407 Å². The molecule has 2 nitrogen and oxygen atoms in total. The molecule has 0 heterocycles. The summed E-state index contributed by atoms with van der Waals surface area (Å²) in [4.78, 5) is 2.54. The molecule has 14 aliphatic rings. The van der Waals surface area contributed by atoms with Gasteiger partial charge in [0.05, 0.1) is 10.8 Å². The number of fused-ring (bicyclic) bond motifs is 26. The van der Waals surface area contributed by atoms with E-state index in [1.165, 1.54) is 266 Å². The van der Waals surface area contributed by atoms with E-state index in [-0.39, 0.29) is 37.9 Å². The first-order valence-corrected chi connectivity index (χ1v) is 54.6. The van der Waals surface area contributed by atoms with E-state index in [4.69, 9.17) is 0 Å². The molecule has 1 N–H and O–H groups in total. The third-order valence-electron chi connectivity index (χ3n) is 37.5. The lowest BCUT2D eigenvalue weighted by molar-refractivity contribution is -0.00530. The number of hydrogen-bond acceptors (Lipinski definition) is 2. The van der Waals surface area contributed by atoms with Crippen molar-refractivity contribution in [3.63, 3.8) is 0 Å². The van der Waals surface area contributed by atoms with Crippen LogP contribution in [0.5, 0.6) is 0 Å². The summed E-state index contributed by atoms with van der Waals surface area (Å²) >= 11 is 3.81. The van der Waals surface area contributed by atoms with E-state index in [1.807, 2.05) is 0 Å². The van der Waals surface area contributed by atoms with Crippen LogP contribution >= 0.6 is 15.9 Å². The Kier molecular flexibility index (Phi) is 20.5. The molecule has 2 spiro atoms. The van der Waals surface area contributed by atoms with Crippen LogP contribution in [-0.2, 0) is 54.1 Å². The average molecular weight is 1930 g/mol. The number of rotatable bonds is 9. The Morgan fingerprint density at radius 1 is 0.231 bits per heavy atom. The maximum absolute atomic E-state index is 3.81. The van der Waals surface area contributed by atoms with E-state index in [9.17, 15) is 0 Å². The van der Waals surface area contributed by atoms with Gasteiger partial charge in [0.2, 0.25) is 0 Å². The van der Waals surface area contributed by atoms with Crippen molar-refractivity contribution in [1.29, 1.82) is 0 Å². The summed E-state index contributed by atoms with van der Waals surface area (Å²) in [7, 11) is 0. The lowest BCUT2D eigenvalue weighted by atomic mass is 9.48. The van der Waals surface area contributed by atoms with Crippen molar-refractivity contribution in [2.24, 2.45) is 35.5 Å². The SMILES string of the molecule is CC(C)(C)c1ccc2c(c1)C1(c3ccccc3-c3ccc(Br)cc31)c1cc(C(C)(C)C)ccc1-2.CC(C)(C)c1ccc2c(c1)C1(c3ccccc3-c3ccc(N(c4ccc(-c5ccc(C67CC8CC(CC(C8)C6)C7)cc5)cc4)c4ccc5c(c4)-c4ccccc4C5(C)C)cc31)c1cc(C(C)(C)C)ccc1-2.CC1(C)c2ccccc2-c2cc(Nc3ccc(-c4ccc(C56CC7CC(CC(C7)C5)C6)cc4)cc3)ccc21. The van der Waals surface area contributed by atoms with Crippen LogP contribution < -0.4 is 10.2 Å². The summed E-state index contributed by atoms with van der Waals surface area (Å²) in [6.45, 7) is 37.4. The summed E-state index contributed by atoms with van der Waals surface area (Å²) in [6.07, 6.45) is 17.5. The molecule has 8 saturated carbocycles. The second-order valence-corrected chi connectivity index (χ2v) is 51.9. The molecule has 16 aromatic rings. The van der Waals surface area contributed by atoms with Crippen molar-refractivity contribution in [3.05, 3.63) is 444 Å². The Balaban J connectivity index is 0.000000122. The van der Waals surface area contributed by atoms with E-state index >= 15 is 0 Å². The highest BCUT2D eigenvalue weighted by Crippen LogP contribution is 2.69. The minimum Gasteiger partial charge on any atom is -0.356 e. The van der Waals surface area contributed by atoms with E-state index in [0.29, 0.717) is 10.8 Å². The maximum Gasteiger partial charge on any atom is 0.0726 e. The minimum absolute atomic E-state index is 0.00937. The van der Waals surface area contributed by atoms with E-state index in [1.54, 1.807) is 11.1 Å². The first-order chi connectivity index (χ1) is 68.6. The zero-order valence-corrected chi connectivity index (χ0v) is 88.2. The quantitative estimate of drug-likeness (QED) is 0.155. The van der Waals surface area contributed by atoms with Crippen LogP contribution in [0.3, 0.4) is 0 Å². The van der Waals surface area contributed by atoms with Gasteiger partial charge in [0.1, 0.15) is 0 Å². The molecule has 0 aromatic heterocycles. The van der Waals surface area contributed by atoms with Crippen LogP contribution in [0.25, 0.3) is 89.0 Å². The molecule has 712 valence electrons. The van der Waals surface area contributed by atoms with E-state index in [0.717, 1.165) is 57.0 Å². The Morgan fingerprint density at radius 2 is 0.497 bits per heavy atom. The van der Waals surface area contributed by atoms with Crippen LogP contribution in [0.15, 0.2) is 344 Å². The first kappa shape index (κ1) is 90.6. The molecule has 0 saturated heterocycles. The van der Waals surface area contributed by atoms with Gasteiger partial charge in [-0.1, -0.05) is 394 Å². The summed E-state index contributed by atoms with van der Waals surface area (Å²) in [6, 6.07) is 132. The van der Waals surface area contributed by atoms with Gasteiger partial charge in [-0.15, -0.1) is 0 Å². The van der Waals surface area contributed by atoms with Crippen LogP contribution in [0.1, 0.15) is 288 Å². The number of benzene rings is 16. The molecule has 0 unspecified atom stereocenters. The normalized spacial score (nSPS) is 22.0. The molecule has 0 amide bonds. The minimum atomic E-state index is -0.492. The van der Waals surface area contributed by atoms with Gasteiger partial charge < -0.3 is 10.2 Å². The van der Waals surface area contributed by atoms with Gasteiger partial charge in [0.25, 0.3) is 0 Å². The third-order valence-corrected chi connectivity index (χ3v) is 38.0. The first-order valence-electron chi connectivity index (χ1n) is 53.8. The van der Waals surface area contributed by atoms with E-state index in [2.05, 4.69) is 477 Å². The Labute approximate surface area is 858 Å². The number of anilines is 5. The van der Waals surface area contributed by atoms with Gasteiger partial charge in [-0.3, -0.25) is 0 Å². The zero-order valence-electron chi connectivity index (χ0n) is 86.6. The zero-order chi connectivity index (χ0) is 97.9. The molecular formula is C140H135BrN2. The second kappa shape index (κ2) is 32.3. The number of nitrogens with zero attached hydrogens (tertiary/aromatic N) is 1. The smallest absolute Gasteiger partial charge is 0.0726 e. The fourth-order valence-electron chi connectivity index (χ4n) is 31.1. The van der Waals surface area contributed by atoms with Crippen molar-refractivity contribution in [1.82, 2.24) is 0 Å². The van der Waals surface area contributed by atoms with Gasteiger partial charge in [-0.25, -0.2) is 0 Å². The van der Waals surface area contributed by atoms with Gasteiger partial charge >= 0.3 is 0 Å². The topological polar surface area (TPSA) is 15.3 Å². The maximum atomic E-state index is 3.81. The van der Waals surface area contributed by atoms with Crippen LogP contribution in [0, 0.1) is 35.5 Å². The molecule has 8 bridgehead atoms. The summed E-state index contributed by atoms with van der Waals surface area (Å²) < 4.78 is 1.13. The third kappa shape index (κ3) is 14.2. The molecule has 8 fully saturated rings. The van der Waals surface area contributed by atoms with Gasteiger partial charge in [-0.2, -0.15) is 0 Å². The summed E-state index contributed by atoms with van der Waals surface area (Å²) in [5.74, 6) is 5.82. The highest BCUT2D eigenvalue weighted by Gasteiger charge is 2.58. The van der Waals surface area contributed by atoms with Crippen molar-refractivity contribution in [2.75, 3.05) is 10.2 Å². The fourth-order valence-corrected chi connectivity index (χ4v) is 31.5. The van der Waals surface area contributed by atoms with Crippen LogP contribution in [0.2, 0.25) is 0 Å². The van der Waals surface area contributed by atoms with Gasteiger partial charge in [0.15, 0.2) is 0 Å². The lowest BCUT2D eigenvalue weighted by Crippen LogP contribution is -2.48. The molecule has 3 heteroatoms. The molecule has 14 aliphatic carbocycles. The van der Waals surface area contributed by atoms with Crippen LogP contribution in [-0.4, -0.2) is 0 Å². The highest BCUT2D eigenvalue weighted by atomic mass is 79.9. The summed E-state index contributed by atoms with van der Waals surface area (Å²) in [5.41, 5.74) is 52.8. The lowest BCUT2D eigenvalue weighted by Gasteiger charge is -2.57. The summed E-state index contributed by atoms with van der Waals surface area (Å²) in [5, 5.41) is 3.65. The van der Waals surface area contributed by atoms with Crippen molar-refractivity contribution in [3.8, 4) is 89.0 Å². The molecular weight excluding hydrogens is 1790 g/mol. The molecule has 30 rings (SSSR count). The second-order valence-electron chi connectivity index (χ2n) is 51.0. The monoisotopic (exact) mass is 1920 g/mol. The Hall–Kier alpha value is -12.4. The van der Waals surface area contributed by atoms with Crippen molar-refractivity contribution >= 4 is 44.4 Å². The largest absolute Gasteiger partial charge is 0.356 e. The van der Waals surface area contributed by atoms with Crippen LogP contribution in [0.4, 0.5) is 28.4 Å². The predicted molar refractivity (Wildman–Crippen MR) is 605 cm³/mol. The predicted octanol–water partition coefficient (Wildman–Crippen LogP) is 37.8. The van der Waals surface area contributed by atoms with Crippen molar-refractivity contribution < 1.29 is 0 Å². The molecule has 0 radical (unpaired) electrons. The highest BCUT2D eigenvalue weighted by molar-refractivity contribution is 9.10. The number of halogens is 1. The Bertz CT molecular complexity index is 7690. The molecule has 16 aromatic carbocycles. The number of hydrogen-bond donors (Lipinski definition) is 1. The molecule has 0 atom stereocenters. The Morgan fingerprint density at radius 3 is 0.874 bits per heavy atom.